The van der Waals surface area contributed by atoms with Gasteiger partial charge in [0.25, 0.3) is 0 Å². The van der Waals surface area contributed by atoms with E-state index in [1.165, 1.54) is 47.3 Å². The minimum Gasteiger partial charge on any atom is -0.311 e. The Morgan fingerprint density at radius 1 is 0.529 bits per heavy atom. The highest BCUT2D eigenvalue weighted by molar-refractivity contribution is 6.18. The molecular formula is C30H22F2N2. The van der Waals surface area contributed by atoms with Crippen molar-refractivity contribution in [3.05, 3.63) is 108 Å². The van der Waals surface area contributed by atoms with Crippen molar-refractivity contribution in [1.82, 2.24) is 9.13 Å². The smallest absolute Gasteiger partial charge is 0.123 e. The van der Waals surface area contributed by atoms with Gasteiger partial charge in [0, 0.05) is 33.2 Å². The van der Waals surface area contributed by atoms with Gasteiger partial charge in [0.15, 0.2) is 0 Å². The predicted molar refractivity (Wildman–Crippen MR) is 134 cm³/mol. The van der Waals surface area contributed by atoms with Crippen LogP contribution in [0.4, 0.5) is 8.78 Å². The summed E-state index contributed by atoms with van der Waals surface area (Å²) in [5.74, 6) is -0.487. The fourth-order valence-electron chi connectivity index (χ4n) is 5.80. The molecule has 2 aromatic heterocycles. The van der Waals surface area contributed by atoms with Gasteiger partial charge in [-0.15, -0.1) is 0 Å². The molecule has 1 aliphatic rings. The Bertz CT molecular complexity index is 1700. The maximum Gasteiger partial charge on any atom is 0.123 e. The van der Waals surface area contributed by atoms with E-state index in [1.807, 2.05) is 30.3 Å². The van der Waals surface area contributed by atoms with E-state index in [0.717, 1.165) is 58.0 Å². The van der Waals surface area contributed by atoms with E-state index in [4.69, 9.17) is 0 Å². The Morgan fingerprint density at radius 3 is 1.85 bits per heavy atom. The molecule has 6 aromatic rings. The molecule has 0 amide bonds. The first kappa shape index (κ1) is 19.5. The first-order chi connectivity index (χ1) is 16.7. The van der Waals surface area contributed by atoms with Crippen LogP contribution in [0, 0.1) is 11.6 Å². The lowest BCUT2D eigenvalue weighted by Gasteiger charge is -2.16. The van der Waals surface area contributed by atoms with E-state index in [-0.39, 0.29) is 11.6 Å². The Morgan fingerprint density at radius 2 is 1.12 bits per heavy atom. The molecule has 0 N–H and O–H groups in total. The van der Waals surface area contributed by atoms with Crippen molar-refractivity contribution < 1.29 is 8.78 Å². The molecule has 1 aliphatic carbocycles. The maximum atomic E-state index is 13.8. The summed E-state index contributed by atoms with van der Waals surface area (Å²) in [6, 6.07) is 26.4. The van der Waals surface area contributed by atoms with Crippen LogP contribution in [0.1, 0.15) is 24.1 Å². The normalized spacial score (nSPS) is 13.7. The van der Waals surface area contributed by atoms with E-state index >= 15 is 0 Å². The number of fused-ring (bicyclic) bond motifs is 7. The second-order valence-electron chi connectivity index (χ2n) is 9.13. The van der Waals surface area contributed by atoms with E-state index < -0.39 is 0 Å². The number of hydrogen-bond acceptors (Lipinski definition) is 0. The van der Waals surface area contributed by atoms with Gasteiger partial charge in [-0.25, -0.2) is 8.78 Å². The average Bonchev–Trinajstić information content (AvgIpc) is 3.38. The summed E-state index contributed by atoms with van der Waals surface area (Å²) in [5.41, 5.74) is 7.92. The highest BCUT2D eigenvalue weighted by Gasteiger charge is 2.25. The molecule has 0 radical (unpaired) electrons. The zero-order chi connectivity index (χ0) is 22.8. The molecule has 7 rings (SSSR count). The second kappa shape index (κ2) is 7.29. The monoisotopic (exact) mass is 448 g/mol. The van der Waals surface area contributed by atoms with Gasteiger partial charge in [0.05, 0.1) is 16.6 Å². The van der Waals surface area contributed by atoms with Crippen molar-refractivity contribution >= 4 is 32.7 Å². The molecule has 0 unspecified atom stereocenters. The van der Waals surface area contributed by atoms with Crippen LogP contribution in [0.15, 0.2) is 84.9 Å². The number of para-hydroxylation sites is 1. The molecule has 0 atom stereocenters. The van der Waals surface area contributed by atoms with Crippen LogP contribution < -0.4 is 0 Å². The van der Waals surface area contributed by atoms with Gasteiger partial charge in [-0.05, 0) is 85.8 Å². The van der Waals surface area contributed by atoms with Gasteiger partial charge < -0.3 is 9.13 Å². The Balaban J connectivity index is 1.71. The van der Waals surface area contributed by atoms with Gasteiger partial charge in [-0.3, -0.25) is 0 Å². The van der Waals surface area contributed by atoms with Crippen LogP contribution in [-0.2, 0) is 12.8 Å². The van der Waals surface area contributed by atoms with Crippen molar-refractivity contribution in [3.8, 4) is 11.4 Å². The number of aryl methyl sites for hydroxylation is 1. The quantitative estimate of drug-likeness (QED) is 0.255. The Hall–Kier alpha value is -3.92. The summed E-state index contributed by atoms with van der Waals surface area (Å²) in [5, 5.41) is 3.57. The predicted octanol–water partition coefficient (Wildman–Crippen LogP) is 7.88. The third kappa shape index (κ3) is 2.72. The van der Waals surface area contributed by atoms with Crippen LogP contribution in [0.2, 0.25) is 0 Å². The van der Waals surface area contributed by atoms with Crippen molar-refractivity contribution in [2.45, 2.75) is 25.7 Å². The van der Waals surface area contributed by atoms with E-state index in [1.54, 1.807) is 0 Å². The van der Waals surface area contributed by atoms with Crippen LogP contribution >= 0.6 is 0 Å². The molecule has 0 spiro atoms. The SMILES string of the molecule is Fc1ccc(-n2c3c(c4ccc5c6ccccc6n(-c6ccc(F)cc6)c5c42)CCCC3)cc1. The lowest BCUT2D eigenvalue weighted by Crippen LogP contribution is -2.07. The topological polar surface area (TPSA) is 9.86 Å². The first-order valence-corrected chi connectivity index (χ1v) is 11.8. The molecule has 166 valence electrons. The molecule has 34 heavy (non-hydrogen) atoms. The fraction of sp³-hybridized carbons (Fsp3) is 0.133. The minimum atomic E-state index is -0.250. The molecule has 2 nitrogen and oxygen atoms in total. The molecule has 0 fully saturated rings. The van der Waals surface area contributed by atoms with Crippen LogP contribution in [0.25, 0.3) is 44.1 Å². The summed E-state index contributed by atoms with van der Waals surface area (Å²) in [6.45, 7) is 0. The molecular weight excluding hydrogens is 426 g/mol. The summed E-state index contributed by atoms with van der Waals surface area (Å²) < 4.78 is 32.3. The highest BCUT2D eigenvalue weighted by Crippen LogP contribution is 2.42. The number of halogens is 2. The number of nitrogens with zero attached hydrogens (tertiary/aromatic N) is 2. The molecule has 0 saturated heterocycles. The molecule has 4 heteroatoms. The van der Waals surface area contributed by atoms with Crippen LogP contribution in [0.3, 0.4) is 0 Å². The van der Waals surface area contributed by atoms with E-state index in [0.29, 0.717) is 0 Å². The summed E-state index contributed by atoms with van der Waals surface area (Å²) in [6.07, 6.45) is 4.37. The van der Waals surface area contributed by atoms with Crippen molar-refractivity contribution in [2.75, 3.05) is 0 Å². The van der Waals surface area contributed by atoms with Gasteiger partial charge in [0.2, 0.25) is 0 Å². The largest absolute Gasteiger partial charge is 0.311 e. The zero-order valence-electron chi connectivity index (χ0n) is 18.6. The van der Waals surface area contributed by atoms with Gasteiger partial charge >= 0.3 is 0 Å². The van der Waals surface area contributed by atoms with Crippen LogP contribution in [-0.4, -0.2) is 9.13 Å². The van der Waals surface area contributed by atoms with Crippen molar-refractivity contribution in [1.29, 1.82) is 0 Å². The molecule has 4 aromatic carbocycles. The number of rotatable bonds is 2. The first-order valence-electron chi connectivity index (χ1n) is 11.8. The van der Waals surface area contributed by atoms with Crippen LogP contribution in [0.5, 0.6) is 0 Å². The van der Waals surface area contributed by atoms with Gasteiger partial charge in [-0.1, -0.05) is 30.3 Å². The van der Waals surface area contributed by atoms with E-state index in [2.05, 4.69) is 39.5 Å². The molecule has 0 aliphatic heterocycles. The summed E-state index contributed by atoms with van der Waals surface area (Å²) >= 11 is 0. The Kier molecular flexibility index (Phi) is 4.19. The average molecular weight is 449 g/mol. The van der Waals surface area contributed by atoms with Crippen molar-refractivity contribution in [3.63, 3.8) is 0 Å². The van der Waals surface area contributed by atoms with Gasteiger partial charge in [-0.2, -0.15) is 0 Å². The molecule has 2 heterocycles. The molecule has 0 bridgehead atoms. The number of benzene rings is 4. The summed E-state index contributed by atoms with van der Waals surface area (Å²) in [4.78, 5) is 0. The van der Waals surface area contributed by atoms with E-state index in [9.17, 15) is 8.78 Å². The van der Waals surface area contributed by atoms with Crippen molar-refractivity contribution in [2.24, 2.45) is 0 Å². The molecule has 0 saturated carbocycles. The number of aromatic nitrogens is 2. The lowest BCUT2D eigenvalue weighted by atomic mass is 9.95. The summed E-state index contributed by atoms with van der Waals surface area (Å²) in [7, 11) is 0. The fourth-order valence-corrected chi connectivity index (χ4v) is 5.80. The Labute approximate surface area is 195 Å². The maximum absolute atomic E-state index is 13.8. The minimum absolute atomic E-state index is 0.236. The zero-order valence-corrected chi connectivity index (χ0v) is 18.6. The standard InChI is InChI=1S/C30H22F2N2/c31-19-9-13-21(14-10-19)33-27-7-3-1-5-23(27)25-17-18-26-24-6-2-4-8-28(24)34(30(26)29(25)33)22-15-11-20(32)12-16-22/h1,3,5,7,9-18H,2,4,6,8H2. The van der Waals surface area contributed by atoms with Gasteiger partial charge in [0.1, 0.15) is 11.6 Å². The third-order valence-electron chi connectivity index (χ3n) is 7.24. The highest BCUT2D eigenvalue weighted by atomic mass is 19.1. The lowest BCUT2D eigenvalue weighted by molar-refractivity contribution is 0.626. The second-order valence-corrected chi connectivity index (χ2v) is 9.13. The number of hydrogen-bond donors (Lipinski definition) is 0. The third-order valence-corrected chi connectivity index (χ3v) is 7.24.